The summed E-state index contributed by atoms with van der Waals surface area (Å²) in [6.45, 7) is -0.148. The van der Waals surface area contributed by atoms with Crippen LogP contribution in [0.15, 0.2) is 70.8 Å². The molecular formula is C22H18F3N2O4S. The Morgan fingerprint density at radius 1 is 1.06 bits per heavy atom. The molecule has 32 heavy (non-hydrogen) atoms. The van der Waals surface area contributed by atoms with Gasteiger partial charge >= 0.3 is 0 Å². The van der Waals surface area contributed by atoms with Gasteiger partial charge in [-0.1, -0.05) is 18.2 Å². The number of amides is 1. The zero-order valence-corrected chi connectivity index (χ0v) is 17.2. The first-order chi connectivity index (χ1) is 15.2. The summed E-state index contributed by atoms with van der Waals surface area (Å²) in [5, 5.41) is 2.41. The third-order valence-electron chi connectivity index (χ3n) is 5.08. The molecule has 1 atom stereocenters. The number of rotatable bonds is 4. The van der Waals surface area contributed by atoms with Crippen molar-refractivity contribution in [1.29, 1.82) is 0 Å². The Hall–Kier alpha value is -3.40. The first kappa shape index (κ1) is 21.8. The molecule has 0 saturated carbocycles. The summed E-state index contributed by atoms with van der Waals surface area (Å²) in [6.07, 6.45) is 4.05. The lowest BCUT2D eigenvalue weighted by atomic mass is 9.92. The number of halogens is 3. The average molecular weight is 463 g/mol. The van der Waals surface area contributed by atoms with Crippen LogP contribution in [0.3, 0.4) is 0 Å². The molecule has 1 unspecified atom stereocenters. The summed E-state index contributed by atoms with van der Waals surface area (Å²) in [5.74, 6) is -4.02. The maximum Gasteiger partial charge on any atom is 0.264 e. The van der Waals surface area contributed by atoms with Crippen LogP contribution in [0.25, 0.3) is 0 Å². The van der Waals surface area contributed by atoms with E-state index in [-0.39, 0.29) is 36.3 Å². The van der Waals surface area contributed by atoms with Crippen molar-refractivity contribution in [2.24, 2.45) is 0 Å². The fourth-order valence-corrected chi connectivity index (χ4v) is 5.01. The van der Waals surface area contributed by atoms with E-state index in [0.717, 1.165) is 46.8 Å². The van der Waals surface area contributed by atoms with Gasteiger partial charge in [-0.25, -0.2) is 21.6 Å². The summed E-state index contributed by atoms with van der Waals surface area (Å²) in [7, 11) is -4.13. The van der Waals surface area contributed by atoms with Gasteiger partial charge in [-0.3, -0.25) is 13.9 Å². The minimum atomic E-state index is -4.13. The van der Waals surface area contributed by atoms with Crippen LogP contribution in [0, 0.1) is 23.9 Å². The first-order valence-electron chi connectivity index (χ1n) is 9.52. The Bertz CT molecular complexity index is 1260. The van der Waals surface area contributed by atoms with E-state index in [0.29, 0.717) is 0 Å². The van der Waals surface area contributed by atoms with Gasteiger partial charge in [-0.15, -0.1) is 0 Å². The monoisotopic (exact) mass is 463 g/mol. The highest BCUT2D eigenvalue weighted by Crippen LogP contribution is 2.32. The molecule has 2 aliphatic rings. The zero-order chi connectivity index (χ0) is 23.0. The number of allylic oxidation sites excluding steroid dienone is 2. The van der Waals surface area contributed by atoms with Crippen molar-refractivity contribution in [3.8, 4) is 0 Å². The number of benzene rings is 2. The Morgan fingerprint density at radius 2 is 1.72 bits per heavy atom. The van der Waals surface area contributed by atoms with Crippen LogP contribution >= 0.6 is 0 Å². The molecule has 1 radical (unpaired) electrons. The molecule has 4 rings (SSSR count). The molecule has 1 amide bonds. The highest BCUT2D eigenvalue weighted by molar-refractivity contribution is 7.89. The highest BCUT2D eigenvalue weighted by atomic mass is 32.2. The van der Waals surface area contributed by atoms with E-state index in [1.54, 1.807) is 0 Å². The van der Waals surface area contributed by atoms with E-state index in [1.165, 1.54) is 18.6 Å². The molecular weight excluding hydrogens is 445 g/mol. The molecule has 1 aliphatic heterocycles. The molecule has 1 heterocycles. The second kappa shape index (κ2) is 8.27. The lowest BCUT2D eigenvalue weighted by Crippen LogP contribution is -2.43. The first-order valence-corrected chi connectivity index (χ1v) is 11.0. The third-order valence-corrected chi connectivity index (χ3v) is 6.91. The Morgan fingerprint density at radius 3 is 2.38 bits per heavy atom. The second-order valence-electron chi connectivity index (χ2n) is 7.12. The van der Waals surface area contributed by atoms with Crippen molar-refractivity contribution >= 4 is 21.7 Å². The summed E-state index contributed by atoms with van der Waals surface area (Å²) in [4.78, 5) is 24.6. The number of ketones is 1. The quantitative estimate of drug-likeness (QED) is 0.755. The minimum absolute atomic E-state index is 0. The maximum atomic E-state index is 13.9. The van der Waals surface area contributed by atoms with E-state index in [9.17, 15) is 31.2 Å². The summed E-state index contributed by atoms with van der Waals surface area (Å²) in [5.41, 5.74) is -0.610. The fourth-order valence-electron chi connectivity index (χ4n) is 3.52. The zero-order valence-electron chi connectivity index (χ0n) is 16.4. The number of nitrogens with zero attached hydrogens (tertiary/aromatic N) is 1. The SMILES string of the molecule is O=C1CCN(S(=O)(=O)c2ccc(F)cc2)C2=C1C=CC(NC(=O)c1c(F)cccc1F)[CH]2.[HH]. The van der Waals surface area contributed by atoms with Crippen LogP contribution in [-0.4, -0.2) is 37.0 Å². The summed E-state index contributed by atoms with van der Waals surface area (Å²) >= 11 is 0. The van der Waals surface area contributed by atoms with Crippen molar-refractivity contribution in [1.82, 2.24) is 9.62 Å². The minimum Gasteiger partial charge on any atom is -0.345 e. The Kier molecular flexibility index (Phi) is 5.64. The fraction of sp³-hybridized carbons (Fsp3) is 0.136. The molecule has 1 aliphatic carbocycles. The lowest BCUT2D eigenvalue weighted by Gasteiger charge is -2.35. The molecule has 0 fully saturated rings. The average Bonchev–Trinajstić information content (AvgIpc) is 2.74. The molecule has 2 aromatic carbocycles. The van der Waals surface area contributed by atoms with Gasteiger partial charge in [0.05, 0.1) is 10.9 Å². The molecule has 0 saturated heterocycles. The number of carbonyl (C=O) groups is 2. The molecule has 0 bridgehead atoms. The molecule has 1 N–H and O–H groups in total. The van der Waals surface area contributed by atoms with Gasteiger partial charge in [0.25, 0.3) is 15.9 Å². The predicted octanol–water partition coefficient (Wildman–Crippen LogP) is 3.14. The van der Waals surface area contributed by atoms with E-state index < -0.39 is 45.0 Å². The number of Topliss-reactive ketones (excluding diaryl/α,β-unsaturated/α-hetero) is 1. The lowest BCUT2D eigenvalue weighted by molar-refractivity contribution is -0.115. The summed E-state index contributed by atoms with van der Waals surface area (Å²) < 4.78 is 68.3. The molecule has 10 heteroatoms. The van der Waals surface area contributed by atoms with Gasteiger partial charge in [0.15, 0.2) is 5.78 Å². The van der Waals surface area contributed by atoms with E-state index in [1.807, 2.05) is 0 Å². The summed E-state index contributed by atoms with van der Waals surface area (Å²) in [6, 6.07) is 6.31. The van der Waals surface area contributed by atoms with Crippen molar-refractivity contribution < 1.29 is 32.6 Å². The number of nitrogens with one attached hydrogen (secondary N) is 1. The van der Waals surface area contributed by atoms with Crippen LogP contribution in [0.5, 0.6) is 0 Å². The van der Waals surface area contributed by atoms with Crippen LogP contribution in [0.1, 0.15) is 18.2 Å². The normalized spacial score (nSPS) is 18.5. The van der Waals surface area contributed by atoms with Gasteiger partial charge in [-0.2, -0.15) is 0 Å². The molecule has 0 aromatic heterocycles. The van der Waals surface area contributed by atoms with Gasteiger partial charge < -0.3 is 5.32 Å². The number of carbonyl (C=O) groups excluding carboxylic acids is 2. The smallest absolute Gasteiger partial charge is 0.264 e. The predicted molar refractivity (Wildman–Crippen MR) is 110 cm³/mol. The second-order valence-corrected chi connectivity index (χ2v) is 8.99. The number of sulfonamides is 1. The van der Waals surface area contributed by atoms with E-state index >= 15 is 0 Å². The van der Waals surface area contributed by atoms with Crippen LogP contribution in [-0.2, 0) is 14.8 Å². The van der Waals surface area contributed by atoms with Crippen molar-refractivity contribution in [2.45, 2.75) is 17.4 Å². The van der Waals surface area contributed by atoms with Gasteiger partial charge in [0, 0.05) is 32.1 Å². The van der Waals surface area contributed by atoms with Crippen molar-refractivity contribution in [3.63, 3.8) is 0 Å². The van der Waals surface area contributed by atoms with Gasteiger partial charge in [-0.05, 0) is 36.4 Å². The van der Waals surface area contributed by atoms with Crippen LogP contribution in [0.2, 0.25) is 0 Å². The van der Waals surface area contributed by atoms with Gasteiger partial charge in [0.2, 0.25) is 0 Å². The number of hydrogen-bond donors (Lipinski definition) is 1. The van der Waals surface area contributed by atoms with Crippen molar-refractivity contribution in [2.75, 3.05) is 6.54 Å². The largest absolute Gasteiger partial charge is 0.345 e. The topological polar surface area (TPSA) is 83.6 Å². The number of hydrogen-bond acceptors (Lipinski definition) is 4. The van der Waals surface area contributed by atoms with Crippen molar-refractivity contribution in [3.05, 3.63) is 95.3 Å². The maximum absolute atomic E-state index is 13.9. The molecule has 6 nitrogen and oxygen atoms in total. The third kappa shape index (κ3) is 3.93. The van der Waals surface area contributed by atoms with E-state index in [4.69, 9.17) is 0 Å². The van der Waals surface area contributed by atoms with Crippen LogP contribution < -0.4 is 5.32 Å². The Balaban J connectivity index is 0.00000306. The molecule has 0 spiro atoms. The van der Waals surface area contributed by atoms with Crippen LogP contribution in [0.4, 0.5) is 13.2 Å². The standard InChI is InChI=1S/C22H16F3N2O4S.H2/c23-13-4-7-15(8-5-13)32(30,31)27-11-10-20(28)16-9-6-14(12-19(16)27)26-22(29)21-17(24)2-1-3-18(21)25;/h1-9,12,14H,10-11H2,(H,26,29);1H. The van der Waals surface area contributed by atoms with E-state index in [2.05, 4.69) is 5.32 Å². The molecule has 167 valence electrons. The molecule has 2 aromatic rings. The highest BCUT2D eigenvalue weighted by Gasteiger charge is 2.36. The Labute approximate surface area is 183 Å². The van der Waals surface area contributed by atoms with Gasteiger partial charge in [0.1, 0.15) is 23.0 Å².